The van der Waals surface area contributed by atoms with Crippen molar-refractivity contribution in [2.24, 2.45) is 0 Å². The third kappa shape index (κ3) is 4.70. The highest BCUT2D eigenvalue weighted by Crippen LogP contribution is 2.23. The van der Waals surface area contributed by atoms with Crippen LogP contribution < -0.4 is 14.8 Å². The van der Waals surface area contributed by atoms with Crippen molar-refractivity contribution in [1.82, 2.24) is 10.2 Å². The van der Waals surface area contributed by atoms with Gasteiger partial charge in [-0.25, -0.2) is 0 Å². The molecule has 4 rings (SSSR count). The van der Waals surface area contributed by atoms with Crippen molar-refractivity contribution in [1.29, 1.82) is 0 Å². The summed E-state index contributed by atoms with van der Waals surface area (Å²) in [7, 11) is 1.61. The molecule has 1 saturated carbocycles. The largest absolute Gasteiger partial charge is 0.497 e. The van der Waals surface area contributed by atoms with Gasteiger partial charge in [-0.05, 0) is 74.2 Å². The molecule has 1 atom stereocenters. The predicted octanol–water partition coefficient (Wildman–Crippen LogP) is 3.27. The van der Waals surface area contributed by atoms with E-state index >= 15 is 0 Å². The van der Waals surface area contributed by atoms with E-state index in [4.69, 9.17) is 9.47 Å². The molecule has 6 heteroatoms. The minimum atomic E-state index is -0.0360. The molecule has 1 saturated heterocycles. The van der Waals surface area contributed by atoms with E-state index in [9.17, 15) is 9.59 Å². The minimum Gasteiger partial charge on any atom is -0.497 e. The molecule has 29 heavy (non-hydrogen) atoms. The monoisotopic (exact) mass is 394 g/mol. The van der Waals surface area contributed by atoms with Crippen LogP contribution in [0, 0.1) is 0 Å². The van der Waals surface area contributed by atoms with Crippen LogP contribution in [0.15, 0.2) is 48.5 Å². The summed E-state index contributed by atoms with van der Waals surface area (Å²) in [6.07, 6.45) is 4.03. The lowest BCUT2D eigenvalue weighted by Gasteiger charge is -2.25. The van der Waals surface area contributed by atoms with E-state index in [1.54, 1.807) is 43.5 Å². The van der Waals surface area contributed by atoms with Gasteiger partial charge in [0.15, 0.2) is 0 Å². The Kier molecular flexibility index (Phi) is 5.69. The number of benzene rings is 2. The Balaban J connectivity index is 1.33. The van der Waals surface area contributed by atoms with E-state index in [0.717, 1.165) is 38.0 Å². The van der Waals surface area contributed by atoms with Crippen LogP contribution in [0.1, 0.15) is 46.4 Å². The van der Waals surface area contributed by atoms with E-state index in [1.165, 1.54) is 0 Å². The zero-order valence-electron chi connectivity index (χ0n) is 16.6. The number of rotatable bonds is 7. The van der Waals surface area contributed by atoms with E-state index in [0.29, 0.717) is 29.5 Å². The van der Waals surface area contributed by atoms with Gasteiger partial charge in [0, 0.05) is 23.7 Å². The molecule has 1 unspecified atom stereocenters. The first-order chi connectivity index (χ1) is 14.1. The number of likely N-dealkylation sites (tertiary alicyclic amines) is 1. The van der Waals surface area contributed by atoms with Crippen LogP contribution in [0.5, 0.6) is 11.5 Å². The van der Waals surface area contributed by atoms with Crippen LogP contribution >= 0.6 is 0 Å². The van der Waals surface area contributed by atoms with Gasteiger partial charge in [0.25, 0.3) is 11.8 Å². The van der Waals surface area contributed by atoms with Crippen LogP contribution in [-0.4, -0.2) is 49.1 Å². The van der Waals surface area contributed by atoms with E-state index < -0.39 is 0 Å². The summed E-state index contributed by atoms with van der Waals surface area (Å²) in [5.74, 6) is 1.42. The van der Waals surface area contributed by atoms with Gasteiger partial charge in [-0.15, -0.1) is 0 Å². The number of amides is 2. The fraction of sp³-hybridized carbons (Fsp3) is 0.391. The molecule has 2 fully saturated rings. The lowest BCUT2D eigenvalue weighted by Crippen LogP contribution is -2.39. The van der Waals surface area contributed by atoms with Crippen molar-refractivity contribution in [3.63, 3.8) is 0 Å². The van der Waals surface area contributed by atoms with Crippen molar-refractivity contribution < 1.29 is 19.1 Å². The third-order valence-corrected chi connectivity index (χ3v) is 5.45. The number of carbonyl (C=O) groups excluding carboxylic acids is 2. The Hall–Kier alpha value is -3.02. The van der Waals surface area contributed by atoms with Crippen LogP contribution in [0.2, 0.25) is 0 Å². The van der Waals surface area contributed by atoms with Gasteiger partial charge < -0.3 is 19.7 Å². The number of methoxy groups -OCH3 is 1. The molecule has 0 radical (unpaired) electrons. The molecule has 2 aromatic rings. The first kappa shape index (κ1) is 19.3. The lowest BCUT2D eigenvalue weighted by molar-refractivity contribution is 0.0691. The molecular formula is C23H26N2O4. The smallest absolute Gasteiger partial charge is 0.254 e. The van der Waals surface area contributed by atoms with Gasteiger partial charge in [0.2, 0.25) is 0 Å². The Morgan fingerprint density at radius 3 is 2.28 bits per heavy atom. The maximum absolute atomic E-state index is 12.9. The number of ether oxygens (including phenoxy) is 2. The molecule has 1 heterocycles. The summed E-state index contributed by atoms with van der Waals surface area (Å²) >= 11 is 0. The van der Waals surface area contributed by atoms with Crippen molar-refractivity contribution in [2.75, 3.05) is 20.3 Å². The predicted molar refractivity (Wildman–Crippen MR) is 109 cm³/mol. The first-order valence-corrected chi connectivity index (χ1v) is 10.1. The fourth-order valence-corrected chi connectivity index (χ4v) is 3.57. The Bertz CT molecular complexity index is 859. The van der Waals surface area contributed by atoms with E-state index in [2.05, 4.69) is 5.32 Å². The summed E-state index contributed by atoms with van der Waals surface area (Å²) in [6.45, 7) is 1.18. The zero-order valence-corrected chi connectivity index (χ0v) is 16.6. The molecule has 2 aromatic carbocycles. The quantitative estimate of drug-likeness (QED) is 0.783. The summed E-state index contributed by atoms with van der Waals surface area (Å²) in [5, 5.41) is 2.98. The summed E-state index contributed by atoms with van der Waals surface area (Å²) in [5.41, 5.74) is 1.30. The summed E-state index contributed by atoms with van der Waals surface area (Å²) in [4.78, 5) is 26.8. The third-order valence-electron chi connectivity index (χ3n) is 5.45. The second kappa shape index (κ2) is 8.55. The van der Waals surface area contributed by atoms with Gasteiger partial charge in [-0.1, -0.05) is 0 Å². The van der Waals surface area contributed by atoms with Gasteiger partial charge >= 0.3 is 0 Å². The zero-order chi connectivity index (χ0) is 20.2. The van der Waals surface area contributed by atoms with Crippen LogP contribution in [0.25, 0.3) is 0 Å². The average Bonchev–Trinajstić information content (AvgIpc) is 3.45. The second-order valence-electron chi connectivity index (χ2n) is 7.61. The molecule has 2 aliphatic rings. The number of hydrogen-bond acceptors (Lipinski definition) is 4. The highest BCUT2D eigenvalue weighted by Gasteiger charge is 2.30. The molecule has 1 aliphatic carbocycles. The molecule has 1 aliphatic heterocycles. The average molecular weight is 394 g/mol. The molecule has 2 amide bonds. The SMILES string of the molecule is COc1ccc(C(=O)N2CCCC2COc2ccc(C(=O)NC3CC3)cc2)cc1. The number of nitrogens with one attached hydrogen (secondary N) is 1. The van der Waals surface area contributed by atoms with Gasteiger partial charge in [0.1, 0.15) is 18.1 Å². The molecule has 0 bridgehead atoms. The Morgan fingerprint density at radius 2 is 1.62 bits per heavy atom. The normalized spacial score (nSPS) is 18.4. The van der Waals surface area contributed by atoms with Crippen LogP contribution in [0.4, 0.5) is 0 Å². The Labute approximate surface area is 170 Å². The lowest BCUT2D eigenvalue weighted by atomic mass is 10.1. The van der Waals surface area contributed by atoms with Crippen LogP contribution in [0.3, 0.4) is 0 Å². The molecule has 0 aromatic heterocycles. The summed E-state index contributed by atoms with van der Waals surface area (Å²) in [6, 6.07) is 14.8. The highest BCUT2D eigenvalue weighted by atomic mass is 16.5. The van der Waals surface area contributed by atoms with E-state index in [-0.39, 0.29) is 17.9 Å². The van der Waals surface area contributed by atoms with E-state index in [1.807, 2.05) is 17.0 Å². The molecular weight excluding hydrogens is 368 g/mol. The fourth-order valence-electron chi connectivity index (χ4n) is 3.57. The van der Waals surface area contributed by atoms with Crippen molar-refractivity contribution in [3.8, 4) is 11.5 Å². The van der Waals surface area contributed by atoms with Gasteiger partial charge in [0.05, 0.1) is 13.2 Å². The van der Waals surface area contributed by atoms with Gasteiger partial charge in [-0.2, -0.15) is 0 Å². The standard InChI is InChI=1S/C23H26N2O4/c1-28-20-10-6-17(7-11-20)23(27)25-14-2-3-19(25)15-29-21-12-4-16(5-13-21)22(26)24-18-8-9-18/h4-7,10-13,18-19H,2-3,8-9,14-15H2,1H3,(H,24,26). The van der Waals surface area contributed by atoms with Crippen molar-refractivity contribution in [3.05, 3.63) is 59.7 Å². The minimum absolute atomic E-state index is 0.0193. The van der Waals surface area contributed by atoms with Crippen LogP contribution in [-0.2, 0) is 0 Å². The molecule has 6 nitrogen and oxygen atoms in total. The highest BCUT2D eigenvalue weighted by molar-refractivity contribution is 5.95. The number of carbonyl (C=O) groups is 2. The molecule has 1 N–H and O–H groups in total. The maximum atomic E-state index is 12.9. The molecule has 0 spiro atoms. The van der Waals surface area contributed by atoms with Crippen molar-refractivity contribution >= 4 is 11.8 Å². The second-order valence-corrected chi connectivity index (χ2v) is 7.61. The Morgan fingerprint density at radius 1 is 0.966 bits per heavy atom. The first-order valence-electron chi connectivity index (χ1n) is 10.1. The summed E-state index contributed by atoms with van der Waals surface area (Å²) < 4.78 is 11.1. The number of nitrogens with zero attached hydrogens (tertiary/aromatic N) is 1. The molecule has 152 valence electrons. The number of hydrogen-bond donors (Lipinski definition) is 1. The topological polar surface area (TPSA) is 67.9 Å². The van der Waals surface area contributed by atoms with Gasteiger partial charge in [-0.3, -0.25) is 9.59 Å². The van der Waals surface area contributed by atoms with Crippen molar-refractivity contribution in [2.45, 2.75) is 37.8 Å². The maximum Gasteiger partial charge on any atom is 0.254 e.